The van der Waals surface area contributed by atoms with Crippen LogP contribution < -0.4 is 0 Å². The van der Waals surface area contributed by atoms with Gasteiger partial charge in [-0.2, -0.15) is 0 Å². The molecule has 0 aliphatic rings. The highest BCUT2D eigenvalue weighted by Crippen LogP contribution is 2.21. The first kappa shape index (κ1) is 38.0. The van der Waals surface area contributed by atoms with Gasteiger partial charge in [-0.1, -0.05) is 233 Å². The van der Waals surface area contributed by atoms with E-state index in [1.165, 1.54) is 205 Å². The van der Waals surface area contributed by atoms with Gasteiger partial charge in [0, 0.05) is 0 Å². The Kier molecular flexibility index (Phi) is 33.2. The molecule has 0 aliphatic carbocycles. The zero-order valence-corrected chi connectivity index (χ0v) is 27.8. The normalized spacial score (nSPS) is 13.3. The van der Waals surface area contributed by atoms with Gasteiger partial charge in [-0.15, -0.1) is 0 Å². The van der Waals surface area contributed by atoms with E-state index in [1.807, 2.05) is 0 Å². The van der Waals surface area contributed by atoms with E-state index in [4.69, 9.17) is 0 Å². The van der Waals surface area contributed by atoms with Crippen LogP contribution in [0.25, 0.3) is 0 Å². The molecule has 0 heterocycles. The third-order valence-corrected chi connectivity index (χ3v) is 9.24. The van der Waals surface area contributed by atoms with Crippen LogP contribution in [0.5, 0.6) is 0 Å². The lowest BCUT2D eigenvalue weighted by atomic mass is 9.94. The van der Waals surface area contributed by atoms with Crippen molar-refractivity contribution in [3.8, 4) is 0 Å². The molecule has 0 aromatic carbocycles. The van der Waals surface area contributed by atoms with Crippen molar-refractivity contribution in [3.63, 3.8) is 0 Å². The van der Waals surface area contributed by atoms with Gasteiger partial charge in [0.25, 0.3) is 0 Å². The molecule has 0 saturated carbocycles. The van der Waals surface area contributed by atoms with E-state index in [9.17, 15) is 0 Å². The predicted molar refractivity (Wildman–Crippen MR) is 177 cm³/mol. The average molecular weight is 535 g/mol. The Morgan fingerprint density at radius 1 is 0.237 bits per heavy atom. The van der Waals surface area contributed by atoms with E-state index in [-0.39, 0.29) is 0 Å². The SMILES string of the molecule is CCCCCCCCCCCCCCCC(C)CCCCCCCC(C)CCCCCCCCCCCC. The molecule has 0 N–H and O–H groups in total. The van der Waals surface area contributed by atoms with Gasteiger partial charge in [0.2, 0.25) is 0 Å². The van der Waals surface area contributed by atoms with E-state index >= 15 is 0 Å². The summed E-state index contributed by atoms with van der Waals surface area (Å²) >= 11 is 0. The first-order chi connectivity index (χ1) is 18.7. The Balaban J connectivity index is 3.24. The molecule has 0 saturated heterocycles. The topological polar surface area (TPSA) is 0 Å². The van der Waals surface area contributed by atoms with Crippen LogP contribution in [0.15, 0.2) is 0 Å². The maximum absolute atomic E-state index is 2.51. The van der Waals surface area contributed by atoms with Crippen LogP contribution in [0, 0.1) is 11.8 Å². The van der Waals surface area contributed by atoms with Crippen molar-refractivity contribution in [1.29, 1.82) is 0 Å². The van der Waals surface area contributed by atoms with Crippen molar-refractivity contribution in [2.24, 2.45) is 11.8 Å². The molecule has 0 radical (unpaired) electrons. The average Bonchev–Trinajstić information content (AvgIpc) is 2.91. The van der Waals surface area contributed by atoms with Crippen LogP contribution in [0.4, 0.5) is 0 Å². The second kappa shape index (κ2) is 33.2. The van der Waals surface area contributed by atoms with Gasteiger partial charge in [0.15, 0.2) is 0 Å². The molecule has 0 rings (SSSR count). The molecular formula is C38H78. The Hall–Kier alpha value is 0. The largest absolute Gasteiger partial charge is 0.0654 e. The van der Waals surface area contributed by atoms with Crippen LogP contribution in [0.1, 0.15) is 233 Å². The summed E-state index contributed by atoms with van der Waals surface area (Å²) < 4.78 is 0. The summed E-state index contributed by atoms with van der Waals surface area (Å²) in [6.45, 7) is 9.63. The van der Waals surface area contributed by atoms with Crippen LogP contribution in [0.3, 0.4) is 0 Å². The van der Waals surface area contributed by atoms with E-state index in [0.29, 0.717) is 0 Å². The first-order valence-electron chi connectivity index (χ1n) is 18.7. The monoisotopic (exact) mass is 535 g/mol. The van der Waals surface area contributed by atoms with E-state index in [0.717, 1.165) is 11.8 Å². The minimum Gasteiger partial charge on any atom is -0.0654 e. The summed E-state index contributed by atoms with van der Waals surface area (Å²) in [5.74, 6) is 1.92. The lowest BCUT2D eigenvalue weighted by molar-refractivity contribution is 0.416. The first-order valence-corrected chi connectivity index (χ1v) is 18.7. The Bertz CT molecular complexity index is 399. The van der Waals surface area contributed by atoms with Gasteiger partial charge in [-0.3, -0.25) is 0 Å². The number of hydrogen-bond acceptors (Lipinski definition) is 0. The highest BCUT2D eigenvalue weighted by atomic mass is 14.1. The van der Waals surface area contributed by atoms with Crippen LogP contribution >= 0.6 is 0 Å². The second-order valence-corrected chi connectivity index (χ2v) is 13.6. The van der Waals surface area contributed by atoms with Gasteiger partial charge in [-0.25, -0.2) is 0 Å². The van der Waals surface area contributed by atoms with Gasteiger partial charge in [0.05, 0.1) is 0 Å². The Morgan fingerprint density at radius 2 is 0.395 bits per heavy atom. The van der Waals surface area contributed by atoms with Crippen LogP contribution in [-0.2, 0) is 0 Å². The maximum atomic E-state index is 2.51. The van der Waals surface area contributed by atoms with Crippen molar-refractivity contribution in [1.82, 2.24) is 0 Å². The van der Waals surface area contributed by atoms with Crippen molar-refractivity contribution in [2.75, 3.05) is 0 Å². The molecule has 0 aliphatic heterocycles. The van der Waals surface area contributed by atoms with Gasteiger partial charge < -0.3 is 0 Å². The standard InChI is InChI=1S/C38H78/c1-5-7-9-11-13-15-17-18-19-21-23-26-30-34-38(4)36-32-28-24-27-31-35-37(3)33-29-25-22-20-16-14-12-10-8-6-2/h37-38H,5-36H2,1-4H3. The molecule has 0 fully saturated rings. The fourth-order valence-electron chi connectivity index (χ4n) is 6.30. The number of unbranched alkanes of at least 4 members (excludes halogenated alkanes) is 25. The van der Waals surface area contributed by atoms with Crippen molar-refractivity contribution >= 4 is 0 Å². The molecule has 0 spiro atoms. The summed E-state index contributed by atoms with van der Waals surface area (Å²) in [5, 5.41) is 0. The zero-order chi connectivity index (χ0) is 27.8. The Labute approximate surface area is 244 Å². The number of rotatable bonds is 33. The van der Waals surface area contributed by atoms with Crippen LogP contribution in [-0.4, -0.2) is 0 Å². The molecule has 0 nitrogen and oxygen atoms in total. The second-order valence-electron chi connectivity index (χ2n) is 13.6. The molecule has 2 unspecified atom stereocenters. The fraction of sp³-hybridized carbons (Fsp3) is 1.00. The van der Waals surface area contributed by atoms with Crippen LogP contribution in [0.2, 0.25) is 0 Å². The predicted octanol–water partition coefficient (Wildman–Crippen LogP) is 14.8. The lowest BCUT2D eigenvalue weighted by Gasteiger charge is -2.12. The van der Waals surface area contributed by atoms with E-state index < -0.39 is 0 Å². The van der Waals surface area contributed by atoms with Crippen molar-refractivity contribution in [2.45, 2.75) is 233 Å². The van der Waals surface area contributed by atoms with E-state index in [1.54, 1.807) is 0 Å². The molecule has 0 heteroatoms. The summed E-state index contributed by atoms with van der Waals surface area (Å²) in [5.41, 5.74) is 0. The minimum absolute atomic E-state index is 0.962. The van der Waals surface area contributed by atoms with Crippen molar-refractivity contribution < 1.29 is 0 Å². The maximum Gasteiger partial charge on any atom is -0.0443 e. The number of hydrogen-bond donors (Lipinski definition) is 0. The van der Waals surface area contributed by atoms with Gasteiger partial charge in [0.1, 0.15) is 0 Å². The molecule has 38 heavy (non-hydrogen) atoms. The molecule has 2 atom stereocenters. The van der Waals surface area contributed by atoms with Gasteiger partial charge >= 0.3 is 0 Å². The zero-order valence-electron chi connectivity index (χ0n) is 27.8. The smallest absolute Gasteiger partial charge is 0.0443 e. The highest BCUT2D eigenvalue weighted by molar-refractivity contribution is 4.58. The highest BCUT2D eigenvalue weighted by Gasteiger charge is 2.04. The Morgan fingerprint density at radius 3 is 0.579 bits per heavy atom. The fourth-order valence-corrected chi connectivity index (χ4v) is 6.30. The summed E-state index contributed by atoms with van der Waals surface area (Å²) in [6.07, 6.45) is 47.1. The summed E-state index contributed by atoms with van der Waals surface area (Å²) in [6, 6.07) is 0. The molecule has 0 amide bonds. The molecule has 0 aromatic rings. The summed E-state index contributed by atoms with van der Waals surface area (Å²) in [7, 11) is 0. The molecule has 0 aromatic heterocycles. The third-order valence-electron chi connectivity index (χ3n) is 9.24. The minimum atomic E-state index is 0.962. The lowest BCUT2D eigenvalue weighted by Crippen LogP contribution is -1.96. The molecule has 230 valence electrons. The van der Waals surface area contributed by atoms with Crippen molar-refractivity contribution in [3.05, 3.63) is 0 Å². The quantitative estimate of drug-likeness (QED) is 0.0734. The van der Waals surface area contributed by atoms with Gasteiger partial charge in [-0.05, 0) is 11.8 Å². The van der Waals surface area contributed by atoms with E-state index in [2.05, 4.69) is 27.7 Å². The summed E-state index contributed by atoms with van der Waals surface area (Å²) in [4.78, 5) is 0. The molecule has 0 bridgehead atoms. The third kappa shape index (κ3) is 32.2. The molecular weight excluding hydrogens is 456 g/mol.